The highest BCUT2D eigenvalue weighted by Crippen LogP contribution is 2.08. The van der Waals surface area contributed by atoms with Crippen LogP contribution < -0.4 is 16.6 Å². The maximum absolute atomic E-state index is 11.1. The molecule has 0 fully saturated rings. The lowest BCUT2D eigenvalue weighted by molar-refractivity contribution is -0.124. The first-order chi connectivity index (χ1) is 6.72. The first-order valence-electron chi connectivity index (χ1n) is 3.78. The van der Waals surface area contributed by atoms with Crippen molar-refractivity contribution in [3.8, 4) is 0 Å². The molecule has 4 N–H and O–H groups in total. The molecule has 0 aromatic carbocycles. The lowest BCUT2D eigenvalue weighted by Gasteiger charge is -1.99. The van der Waals surface area contributed by atoms with Crippen LogP contribution in [0.1, 0.15) is 12.8 Å². The fourth-order valence-corrected chi connectivity index (χ4v) is 1.17. The van der Waals surface area contributed by atoms with Crippen molar-refractivity contribution in [3.63, 3.8) is 0 Å². The van der Waals surface area contributed by atoms with Gasteiger partial charge in [0.1, 0.15) is 5.51 Å². The van der Waals surface area contributed by atoms with Gasteiger partial charge in [0.15, 0.2) is 0 Å². The summed E-state index contributed by atoms with van der Waals surface area (Å²) in [5, 5.41) is 10.1. The summed E-state index contributed by atoms with van der Waals surface area (Å²) in [5.74, 6) is 4.18. The smallest absolute Gasteiger partial charge is 0.234 e. The van der Waals surface area contributed by atoms with Crippen LogP contribution in [0.15, 0.2) is 5.51 Å². The van der Waals surface area contributed by atoms with Crippen LogP contribution in [-0.4, -0.2) is 22.0 Å². The zero-order valence-electron chi connectivity index (χ0n) is 7.19. The summed E-state index contributed by atoms with van der Waals surface area (Å²) in [6.45, 7) is 0. The molecule has 1 aromatic rings. The van der Waals surface area contributed by atoms with Crippen molar-refractivity contribution >= 4 is 28.3 Å². The van der Waals surface area contributed by atoms with E-state index in [2.05, 4.69) is 15.5 Å². The molecule has 76 valence electrons. The van der Waals surface area contributed by atoms with Crippen LogP contribution in [0.5, 0.6) is 0 Å². The van der Waals surface area contributed by atoms with Crippen LogP contribution in [0.3, 0.4) is 0 Å². The molecule has 1 aromatic heterocycles. The summed E-state index contributed by atoms with van der Waals surface area (Å²) < 4.78 is 0. The average molecular weight is 215 g/mol. The average Bonchev–Trinajstić information content (AvgIpc) is 2.66. The molecule has 0 aliphatic carbocycles. The minimum Gasteiger partial charge on any atom is -0.301 e. The number of nitrogens with zero attached hydrogens (tertiary/aromatic N) is 2. The van der Waals surface area contributed by atoms with E-state index in [1.54, 1.807) is 0 Å². The van der Waals surface area contributed by atoms with E-state index in [-0.39, 0.29) is 24.7 Å². The lowest BCUT2D eigenvalue weighted by atomic mass is 10.3. The number of rotatable bonds is 4. The summed E-state index contributed by atoms with van der Waals surface area (Å²) in [5.41, 5.74) is 3.44. The van der Waals surface area contributed by atoms with Crippen molar-refractivity contribution in [2.24, 2.45) is 5.84 Å². The number of hydrazine groups is 1. The van der Waals surface area contributed by atoms with Crippen LogP contribution >= 0.6 is 11.3 Å². The molecule has 0 aliphatic rings. The highest BCUT2D eigenvalue weighted by Gasteiger charge is 2.07. The van der Waals surface area contributed by atoms with Crippen molar-refractivity contribution in [3.05, 3.63) is 5.51 Å². The van der Waals surface area contributed by atoms with Gasteiger partial charge < -0.3 is 5.32 Å². The molecule has 0 radical (unpaired) electrons. The second-order valence-electron chi connectivity index (χ2n) is 2.36. The maximum Gasteiger partial charge on any atom is 0.234 e. The first kappa shape index (κ1) is 10.5. The molecule has 1 rings (SSSR count). The summed E-state index contributed by atoms with van der Waals surface area (Å²) in [4.78, 5) is 21.8. The van der Waals surface area contributed by atoms with Gasteiger partial charge in [-0.2, -0.15) is 0 Å². The van der Waals surface area contributed by atoms with Crippen LogP contribution in [0.4, 0.5) is 5.13 Å². The molecular formula is C6H9N5O2S. The monoisotopic (exact) mass is 215 g/mol. The van der Waals surface area contributed by atoms with Gasteiger partial charge in [0.05, 0.1) is 0 Å². The number of anilines is 1. The Bertz CT molecular complexity index is 312. The fraction of sp³-hybridized carbons (Fsp3) is 0.333. The number of carbonyl (C=O) groups excluding carboxylic acids is 2. The van der Waals surface area contributed by atoms with Crippen LogP contribution in [0, 0.1) is 0 Å². The predicted octanol–water partition coefficient (Wildman–Crippen LogP) is -0.753. The van der Waals surface area contributed by atoms with E-state index < -0.39 is 0 Å². The molecule has 0 spiro atoms. The Balaban J connectivity index is 2.26. The van der Waals surface area contributed by atoms with E-state index in [9.17, 15) is 9.59 Å². The standard InChI is InChI=1S/C6H9N5O2S/c7-10-5(13)2-1-4(12)9-6-11-8-3-14-6/h3H,1-2,7H2,(H,10,13)(H,9,11,12). The number of aromatic nitrogens is 2. The Labute approximate surface area is 83.7 Å². The van der Waals surface area contributed by atoms with E-state index in [0.29, 0.717) is 5.13 Å². The Morgan fingerprint density at radius 2 is 2.14 bits per heavy atom. The zero-order valence-corrected chi connectivity index (χ0v) is 8.00. The van der Waals surface area contributed by atoms with Gasteiger partial charge >= 0.3 is 0 Å². The predicted molar refractivity (Wildman–Crippen MR) is 50.1 cm³/mol. The molecule has 0 bridgehead atoms. The molecule has 1 heterocycles. The zero-order chi connectivity index (χ0) is 10.4. The number of hydrogen-bond donors (Lipinski definition) is 3. The van der Waals surface area contributed by atoms with Crippen molar-refractivity contribution in [1.29, 1.82) is 0 Å². The molecule has 0 saturated carbocycles. The largest absolute Gasteiger partial charge is 0.301 e. The quantitative estimate of drug-likeness (QED) is 0.347. The first-order valence-corrected chi connectivity index (χ1v) is 4.66. The second kappa shape index (κ2) is 5.25. The minimum atomic E-state index is -0.377. The van der Waals surface area contributed by atoms with Gasteiger partial charge in [-0.1, -0.05) is 11.3 Å². The fourth-order valence-electron chi connectivity index (χ4n) is 0.709. The number of nitrogens with one attached hydrogen (secondary N) is 2. The summed E-state index contributed by atoms with van der Waals surface area (Å²) in [6, 6.07) is 0. The van der Waals surface area contributed by atoms with Crippen LogP contribution in [-0.2, 0) is 9.59 Å². The van der Waals surface area contributed by atoms with Crippen LogP contribution in [0.2, 0.25) is 0 Å². The van der Waals surface area contributed by atoms with Gasteiger partial charge in [-0.05, 0) is 0 Å². The van der Waals surface area contributed by atoms with E-state index >= 15 is 0 Å². The number of amides is 2. The molecule has 0 aliphatic heterocycles. The van der Waals surface area contributed by atoms with Crippen molar-refractivity contribution < 1.29 is 9.59 Å². The normalized spacial score (nSPS) is 9.50. The van der Waals surface area contributed by atoms with E-state index in [0.717, 1.165) is 0 Å². The molecule has 7 nitrogen and oxygen atoms in total. The maximum atomic E-state index is 11.1. The topological polar surface area (TPSA) is 110 Å². The molecule has 0 saturated heterocycles. The molecule has 2 amide bonds. The van der Waals surface area contributed by atoms with Gasteiger partial charge in [-0.15, -0.1) is 10.2 Å². The van der Waals surface area contributed by atoms with Gasteiger partial charge in [-0.3, -0.25) is 15.0 Å². The SMILES string of the molecule is NNC(=O)CCC(=O)Nc1nncs1. The Hall–Kier alpha value is -1.54. The van der Waals surface area contributed by atoms with E-state index in [1.165, 1.54) is 16.8 Å². The Morgan fingerprint density at radius 3 is 2.71 bits per heavy atom. The van der Waals surface area contributed by atoms with Gasteiger partial charge in [0.25, 0.3) is 0 Å². The summed E-state index contributed by atoms with van der Waals surface area (Å²) in [6.07, 6.45) is 0.129. The number of nitrogens with two attached hydrogens (primary N) is 1. The molecule has 0 atom stereocenters. The summed E-state index contributed by atoms with van der Waals surface area (Å²) >= 11 is 1.21. The second-order valence-corrected chi connectivity index (χ2v) is 3.19. The van der Waals surface area contributed by atoms with Crippen molar-refractivity contribution in [2.45, 2.75) is 12.8 Å². The van der Waals surface area contributed by atoms with Gasteiger partial charge in [0.2, 0.25) is 16.9 Å². The van der Waals surface area contributed by atoms with Gasteiger partial charge in [-0.25, -0.2) is 5.84 Å². The third kappa shape index (κ3) is 3.46. The highest BCUT2D eigenvalue weighted by atomic mass is 32.1. The Morgan fingerprint density at radius 1 is 1.43 bits per heavy atom. The minimum absolute atomic E-state index is 0.0567. The van der Waals surface area contributed by atoms with Crippen LogP contribution in [0.25, 0.3) is 0 Å². The molecular weight excluding hydrogens is 206 g/mol. The molecule has 8 heteroatoms. The summed E-state index contributed by atoms with van der Waals surface area (Å²) in [7, 11) is 0. The lowest BCUT2D eigenvalue weighted by Crippen LogP contribution is -2.30. The van der Waals surface area contributed by atoms with Crippen molar-refractivity contribution in [2.75, 3.05) is 5.32 Å². The molecule has 14 heavy (non-hydrogen) atoms. The van der Waals surface area contributed by atoms with E-state index in [4.69, 9.17) is 5.84 Å². The number of hydrogen-bond acceptors (Lipinski definition) is 6. The van der Waals surface area contributed by atoms with Crippen molar-refractivity contribution in [1.82, 2.24) is 15.6 Å². The third-order valence-corrected chi connectivity index (χ3v) is 1.95. The number of carbonyl (C=O) groups is 2. The van der Waals surface area contributed by atoms with Gasteiger partial charge in [0, 0.05) is 12.8 Å². The Kier molecular flexibility index (Phi) is 3.95. The van der Waals surface area contributed by atoms with E-state index in [1.807, 2.05) is 5.43 Å². The highest BCUT2D eigenvalue weighted by molar-refractivity contribution is 7.13. The molecule has 0 unspecified atom stereocenters. The third-order valence-electron chi connectivity index (χ3n) is 1.35.